The summed E-state index contributed by atoms with van der Waals surface area (Å²) in [6.45, 7) is 8.35. The van der Waals surface area contributed by atoms with Crippen molar-refractivity contribution in [1.29, 1.82) is 0 Å². The Morgan fingerprint density at radius 3 is 2.70 bits per heavy atom. The van der Waals surface area contributed by atoms with E-state index in [0.717, 1.165) is 62.9 Å². The van der Waals surface area contributed by atoms with Crippen LogP contribution < -0.4 is 10.6 Å². The minimum atomic E-state index is 0.509. The number of ether oxygens (including phenoxy) is 1. The topological polar surface area (TPSA) is 80.1 Å². The first-order valence-electron chi connectivity index (χ1n) is 10.4. The second-order valence-corrected chi connectivity index (χ2v) is 7.42. The van der Waals surface area contributed by atoms with Crippen molar-refractivity contribution in [1.82, 2.24) is 24.4 Å². The fraction of sp³-hybridized carbons (Fsp3) is 0.737. The van der Waals surface area contributed by atoms with E-state index < -0.39 is 0 Å². The molecule has 2 aliphatic rings. The lowest BCUT2D eigenvalue weighted by Gasteiger charge is -2.26. The third kappa shape index (κ3) is 4.32. The maximum atomic E-state index is 5.42. The van der Waals surface area contributed by atoms with E-state index in [9.17, 15) is 0 Å². The number of aromatic nitrogens is 4. The summed E-state index contributed by atoms with van der Waals surface area (Å²) in [7, 11) is 0. The van der Waals surface area contributed by atoms with E-state index in [0.29, 0.717) is 12.0 Å². The molecule has 148 valence electrons. The Morgan fingerprint density at radius 1 is 1.11 bits per heavy atom. The highest BCUT2D eigenvalue weighted by Crippen LogP contribution is 2.31. The fourth-order valence-electron chi connectivity index (χ4n) is 4.06. The molecule has 27 heavy (non-hydrogen) atoms. The van der Waals surface area contributed by atoms with Gasteiger partial charge in [0.25, 0.3) is 0 Å². The molecule has 1 aliphatic heterocycles. The van der Waals surface area contributed by atoms with Gasteiger partial charge in [0, 0.05) is 38.8 Å². The SMILES string of the molecule is CCNc1nc(NCCN2CCOCC2)c2ncn(C3CCCCC3)c2n1. The van der Waals surface area contributed by atoms with Gasteiger partial charge in [-0.15, -0.1) is 0 Å². The number of nitrogens with zero attached hydrogens (tertiary/aromatic N) is 5. The lowest BCUT2D eigenvalue weighted by Crippen LogP contribution is -2.39. The summed E-state index contributed by atoms with van der Waals surface area (Å²) in [6.07, 6.45) is 8.31. The molecule has 0 spiro atoms. The van der Waals surface area contributed by atoms with E-state index in [1.54, 1.807) is 0 Å². The van der Waals surface area contributed by atoms with Gasteiger partial charge >= 0.3 is 0 Å². The normalized spacial score (nSPS) is 19.4. The molecule has 3 heterocycles. The first kappa shape index (κ1) is 18.4. The minimum absolute atomic E-state index is 0.509. The summed E-state index contributed by atoms with van der Waals surface area (Å²) in [5.41, 5.74) is 1.82. The largest absolute Gasteiger partial charge is 0.379 e. The molecule has 0 atom stereocenters. The molecule has 1 saturated carbocycles. The van der Waals surface area contributed by atoms with Crippen LogP contribution >= 0.6 is 0 Å². The zero-order chi connectivity index (χ0) is 18.5. The van der Waals surface area contributed by atoms with E-state index in [-0.39, 0.29) is 0 Å². The van der Waals surface area contributed by atoms with Crippen molar-refractivity contribution in [2.24, 2.45) is 0 Å². The maximum Gasteiger partial charge on any atom is 0.226 e. The Kier molecular flexibility index (Phi) is 6.03. The number of imidazole rings is 1. The summed E-state index contributed by atoms with van der Waals surface area (Å²) in [5.74, 6) is 1.51. The first-order chi connectivity index (χ1) is 13.3. The third-order valence-electron chi connectivity index (χ3n) is 5.55. The first-order valence-corrected chi connectivity index (χ1v) is 10.4. The van der Waals surface area contributed by atoms with Gasteiger partial charge in [0.15, 0.2) is 17.0 Å². The van der Waals surface area contributed by atoms with Crippen LogP contribution in [-0.2, 0) is 4.74 Å². The van der Waals surface area contributed by atoms with E-state index in [2.05, 4.69) is 37.0 Å². The molecule has 8 heteroatoms. The lowest BCUT2D eigenvalue weighted by atomic mass is 9.95. The number of fused-ring (bicyclic) bond motifs is 1. The van der Waals surface area contributed by atoms with Gasteiger partial charge < -0.3 is 19.9 Å². The predicted molar refractivity (Wildman–Crippen MR) is 107 cm³/mol. The van der Waals surface area contributed by atoms with Gasteiger partial charge in [-0.25, -0.2) is 4.98 Å². The second kappa shape index (κ2) is 8.84. The van der Waals surface area contributed by atoms with Gasteiger partial charge in [0.1, 0.15) is 0 Å². The van der Waals surface area contributed by atoms with Crippen molar-refractivity contribution in [3.8, 4) is 0 Å². The van der Waals surface area contributed by atoms with Gasteiger partial charge in [0.2, 0.25) is 5.95 Å². The van der Waals surface area contributed by atoms with Crippen molar-refractivity contribution in [2.45, 2.75) is 45.1 Å². The average Bonchev–Trinajstić information content (AvgIpc) is 3.14. The Morgan fingerprint density at radius 2 is 1.93 bits per heavy atom. The number of morpholine rings is 1. The summed E-state index contributed by atoms with van der Waals surface area (Å²) >= 11 is 0. The van der Waals surface area contributed by atoms with Crippen LogP contribution in [0.2, 0.25) is 0 Å². The summed E-state index contributed by atoms with van der Waals surface area (Å²) < 4.78 is 7.69. The van der Waals surface area contributed by atoms with Crippen LogP contribution in [0.1, 0.15) is 45.1 Å². The number of hydrogen-bond acceptors (Lipinski definition) is 7. The molecule has 0 unspecified atom stereocenters. The average molecular weight is 374 g/mol. The lowest BCUT2D eigenvalue weighted by molar-refractivity contribution is 0.0398. The molecular formula is C19H31N7O. The van der Waals surface area contributed by atoms with Crippen LogP contribution in [-0.4, -0.2) is 70.4 Å². The monoisotopic (exact) mass is 373 g/mol. The zero-order valence-corrected chi connectivity index (χ0v) is 16.3. The number of nitrogens with one attached hydrogen (secondary N) is 2. The molecule has 2 fully saturated rings. The highest BCUT2D eigenvalue weighted by Gasteiger charge is 2.21. The molecule has 0 aromatic carbocycles. The van der Waals surface area contributed by atoms with E-state index in [4.69, 9.17) is 9.72 Å². The summed E-state index contributed by atoms with van der Waals surface area (Å²) in [4.78, 5) is 16.5. The predicted octanol–water partition coefficient (Wildman–Crippen LogP) is 2.51. The molecule has 0 amide bonds. The second-order valence-electron chi connectivity index (χ2n) is 7.42. The van der Waals surface area contributed by atoms with Crippen LogP contribution in [0.15, 0.2) is 6.33 Å². The highest BCUT2D eigenvalue weighted by molar-refractivity contribution is 5.84. The Hall–Kier alpha value is -1.93. The Balaban J connectivity index is 1.53. The maximum absolute atomic E-state index is 5.42. The molecule has 0 bridgehead atoms. The summed E-state index contributed by atoms with van der Waals surface area (Å²) in [6, 6.07) is 0.509. The van der Waals surface area contributed by atoms with E-state index in [1.165, 1.54) is 32.1 Å². The van der Waals surface area contributed by atoms with Gasteiger partial charge in [-0.3, -0.25) is 4.90 Å². The summed E-state index contributed by atoms with van der Waals surface area (Å²) in [5, 5.41) is 6.77. The standard InChI is InChI=1S/C19H31N7O/c1-2-20-19-23-17(21-8-9-25-10-12-27-13-11-25)16-18(24-19)26(14-22-16)15-6-4-3-5-7-15/h14-15H,2-13H2,1H3,(H2,20,21,23,24). The smallest absolute Gasteiger partial charge is 0.226 e. The van der Waals surface area contributed by atoms with Crippen molar-refractivity contribution in [2.75, 3.05) is 56.6 Å². The number of anilines is 2. The van der Waals surface area contributed by atoms with Gasteiger partial charge in [-0.2, -0.15) is 9.97 Å². The van der Waals surface area contributed by atoms with Crippen LogP contribution in [0.5, 0.6) is 0 Å². The van der Waals surface area contributed by atoms with E-state index in [1.807, 2.05) is 6.33 Å². The molecule has 1 saturated heterocycles. The quantitative estimate of drug-likeness (QED) is 0.772. The molecule has 2 aromatic rings. The van der Waals surface area contributed by atoms with Crippen molar-refractivity contribution >= 4 is 22.9 Å². The third-order valence-corrected chi connectivity index (χ3v) is 5.55. The van der Waals surface area contributed by atoms with Crippen LogP contribution in [0.4, 0.5) is 11.8 Å². The molecule has 8 nitrogen and oxygen atoms in total. The van der Waals surface area contributed by atoms with Crippen LogP contribution in [0.25, 0.3) is 11.2 Å². The van der Waals surface area contributed by atoms with Crippen LogP contribution in [0, 0.1) is 0 Å². The van der Waals surface area contributed by atoms with Gasteiger partial charge in [0.05, 0.1) is 19.5 Å². The molecule has 0 radical (unpaired) electrons. The number of hydrogen-bond donors (Lipinski definition) is 2. The fourth-order valence-corrected chi connectivity index (χ4v) is 4.06. The van der Waals surface area contributed by atoms with E-state index >= 15 is 0 Å². The molecule has 2 N–H and O–H groups in total. The molecule has 1 aliphatic carbocycles. The van der Waals surface area contributed by atoms with Crippen molar-refractivity contribution in [3.63, 3.8) is 0 Å². The van der Waals surface area contributed by atoms with Gasteiger partial charge in [-0.05, 0) is 19.8 Å². The van der Waals surface area contributed by atoms with Crippen molar-refractivity contribution in [3.05, 3.63) is 6.33 Å². The van der Waals surface area contributed by atoms with Crippen LogP contribution in [0.3, 0.4) is 0 Å². The molecule has 4 rings (SSSR count). The molecular weight excluding hydrogens is 342 g/mol. The highest BCUT2D eigenvalue weighted by atomic mass is 16.5. The van der Waals surface area contributed by atoms with Gasteiger partial charge in [-0.1, -0.05) is 19.3 Å². The zero-order valence-electron chi connectivity index (χ0n) is 16.3. The molecule has 2 aromatic heterocycles. The Bertz CT molecular complexity index is 735. The Labute approximate surface area is 160 Å². The minimum Gasteiger partial charge on any atom is -0.379 e. The number of rotatable bonds is 7. The van der Waals surface area contributed by atoms with Crippen molar-refractivity contribution < 1.29 is 4.74 Å².